The second-order valence-corrected chi connectivity index (χ2v) is 31.3. The van der Waals surface area contributed by atoms with Crippen molar-refractivity contribution in [1.29, 1.82) is 0 Å². The molecule has 636 valence electrons. The highest BCUT2D eigenvalue weighted by atomic mass is 19.1. The van der Waals surface area contributed by atoms with Crippen LogP contribution in [0.3, 0.4) is 0 Å². The summed E-state index contributed by atoms with van der Waals surface area (Å²) in [6, 6.07) is 59.6. The second-order valence-electron chi connectivity index (χ2n) is 31.3. The number of pyridine rings is 13. The van der Waals surface area contributed by atoms with Gasteiger partial charge in [0.05, 0.1) is 75.5 Å². The summed E-state index contributed by atoms with van der Waals surface area (Å²) in [5.41, 5.74) is 32.7. The summed E-state index contributed by atoms with van der Waals surface area (Å²) in [6.07, 6.45) is 33.6. The van der Waals surface area contributed by atoms with Crippen molar-refractivity contribution in [2.75, 3.05) is 21.3 Å². The molecular formula is C104H88FN25. The predicted octanol–water partition coefficient (Wildman–Crippen LogP) is 21.4. The van der Waals surface area contributed by atoms with Crippen molar-refractivity contribution in [3.8, 4) is 89.9 Å². The Labute approximate surface area is 750 Å². The van der Waals surface area contributed by atoms with Gasteiger partial charge in [0.2, 0.25) is 0 Å². The monoisotopic (exact) mass is 1710 g/mol. The highest BCUT2D eigenvalue weighted by Gasteiger charge is 2.17. The number of aromatic nitrogens is 21. The average Bonchev–Trinajstić information content (AvgIpc) is 0.805. The van der Waals surface area contributed by atoms with Gasteiger partial charge in [-0.15, -0.1) is 0 Å². The van der Waals surface area contributed by atoms with Gasteiger partial charge in [0, 0.05) is 192 Å². The lowest BCUT2D eigenvalue weighted by atomic mass is 9.98. The molecule has 25 nitrogen and oxygen atoms in total. The maximum absolute atomic E-state index is 14.8. The number of hydrogen-bond donors (Lipinski definition) is 4. The fourth-order valence-electron chi connectivity index (χ4n) is 15.0. The molecular weight excluding hydrogens is 1620 g/mol. The number of rotatable bonds is 20. The van der Waals surface area contributed by atoms with Gasteiger partial charge in [0.15, 0.2) is 17.5 Å². The van der Waals surface area contributed by atoms with E-state index in [2.05, 4.69) is 187 Å². The van der Waals surface area contributed by atoms with Gasteiger partial charge >= 0.3 is 0 Å². The Kier molecular flexibility index (Phi) is 25.9. The van der Waals surface area contributed by atoms with Crippen molar-refractivity contribution in [1.82, 2.24) is 105 Å². The maximum atomic E-state index is 14.8. The third kappa shape index (κ3) is 20.9. The Morgan fingerprint density at radius 1 is 0.254 bits per heavy atom. The fourth-order valence-corrected chi connectivity index (χ4v) is 15.0. The zero-order valence-corrected chi connectivity index (χ0v) is 72.9. The van der Waals surface area contributed by atoms with Crippen molar-refractivity contribution < 1.29 is 4.39 Å². The minimum Gasteiger partial charge on any atom is -0.365 e. The van der Waals surface area contributed by atoms with Crippen LogP contribution in [0.2, 0.25) is 0 Å². The first-order valence-electron chi connectivity index (χ1n) is 42.2. The molecule has 0 spiro atoms. The quantitative estimate of drug-likeness (QED) is 0.0551. The summed E-state index contributed by atoms with van der Waals surface area (Å²) >= 11 is 0. The Bertz CT molecular complexity index is 7270. The molecule has 0 aliphatic carbocycles. The van der Waals surface area contributed by atoms with Crippen LogP contribution < -0.4 is 21.3 Å². The van der Waals surface area contributed by atoms with Crippen LogP contribution in [0.15, 0.2) is 300 Å². The summed E-state index contributed by atoms with van der Waals surface area (Å²) in [7, 11) is 0. The normalized spacial score (nSPS) is 11.0. The molecule has 130 heavy (non-hydrogen) atoms. The maximum Gasteiger partial charge on any atom is 0.154 e. The van der Waals surface area contributed by atoms with E-state index >= 15 is 0 Å². The van der Waals surface area contributed by atoms with E-state index in [4.69, 9.17) is 19.9 Å². The van der Waals surface area contributed by atoms with Gasteiger partial charge in [-0.3, -0.25) is 54.8 Å². The van der Waals surface area contributed by atoms with E-state index in [1.165, 1.54) is 27.8 Å². The third-order valence-electron chi connectivity index (χ3n) is 21.5. The number of benzene rings is 3. The van der Waals surface area contributed by atoms with Crippen molar-refractivity contribution in [2.45, 2.75) is 88.5 Å². The highest BCUT2D eigenvalue weighted by Crippen LogP contribution is 2.33. The van der Waals surface area contributed by atoms with Gasteiger partial charge in [0.25, 0.3) is 0 Å². The van der Waals surface area contributed by atoms with Crippen LogP contribution in [-0.4, -0.2) is 105 Å². The summed E-state index contributed by atoms with van der Waals surface area (Å²) in [5.74, 6) is 2.54. The van der Waals surface area contributed by atoms with Crippen molar-refractivity contribution in [3.05, 3.63) is 379 Å². The number of nitrogens with one attached hydrogen (secondary N) is 4. The van der Waals surface area contributed by atoms with Gasteiger partial charge < -0.3 is 21.3 Å². The van der Waals surface area contributed by atoms with Crippen molar-refractivity contribution in [2.24, 2.45) is 0 Å². The molecule has 0 aliphatic heterocycles. The molecule has 4 N–H and O–H groups in total. The Balaban J connectivity index is 0.000000121. The lowest BCUT2D eigenvalue weighted by Crippen LogP contribution is -2.04. The van der Waals surface area contributed by atoms with Gasteiger partial charge in [0.1, 0.15) is 33.9 Å². The zero-order chi connectivity index (χ0) is 89.4. The summed E-state index contributed by atoms with van der Waals surface area (Å²) in [4.78, 5) is 93.9. The summed E-state index contributed by atoms with van der Waals surface area (Å²) < 4.78 is 14.8. The Hall–Kier alpha value is -16.9. The summed E-state index contributed by atoms with van der Waals surface area (Å²) in [5, 5.41) is 15.5. The van der Waals surface area contributed by atoms with E-state index in [1.54, 1.807) is 105 Å². The van der Waals surface area contributed by atoms with E-state index in [1.807, 2.05) is 176 Å². The number of fused-ring (bicyclic) bond motifs is 4. The largest absolute Gasteiger partial charge is 0.365 e. The average molecular weight is 1710 g/mol. The third-order valence-corrected chi connectivity index (χ3v) is 21.5. The second kappa shape index (κ2) is 39.5. The van der Waals surface area contributed by atoms with E-state index in [0.29, 0.717) is 48.9 Å². The molecule has 0 aliphatic rings. The molecule has 17 heterocycles. The number of aryl methyl sites for hydroxylation is 9. The molecule has 0 atom stereocenters. The molecule has 0 radical (unpaired) electrons. The molecule has 20 rings (SSSR count). The lowest BCUT2D eigenvalue weighted by Gasteiger charge is -2.12. The van der Waals surface area contributed by atoms with E-state index in [9.17, 15) is 4.39 Å². The van der Waals surface area contributed by atoms with Crippen LogP contribution in [0, 0.1) is 68.1 Å². The zero-order valence-electron chi connectivity index (χ0n) is 72.9. The number of hydrogen-bond acceptors (Lipinski definition) is 25. The Morgan fingerprint density at radius 2 is 0.677 bits per heavy atom. The number of nitrogens with zero attached hydrogens (tertiary/aromatic N) is 21. The highest BCUT2D eigenvalue weighted by molar-refractivity contribution is 5.93. The molecule has 20 aromatic rings. The number of anilines is 4. The lowest BCUT2D eigenvalue weighted by molar-refractivity contribution is 0.629. The molecule has 0 saturated carbocycles. The van der Waals surface area contributed by atoms with Gasteiger partial charge in [-0.2, -0.15) is 0 Å². The predicted molar refractivity (Wildman–Crippen MR) is 511 cm³/mol. The molecule has 0 unspecified atom stereocenters. The van der Waals surface area contributed by atoms with E-state index in [-0.39, 0.29) is 5.82 Å². The Morgan fingerprint density at radius 3 is 1.15 bits per heavy atom. The smallest absolute Gasteiger partial charge is 0.154 e. The molecule has 17 aromatic heterocycles. The molecule has 3 aromatic carbocycles. The fraction of sp³-hybridized carbons (Fsp3) is 0.125. The van der Waals surface area contributed by atoms with Crippen LogP contribution in [0.5, 0.6) is 0 Å². The number of halogens is 1. The van der Waals surface area contributed by atoms with Gasteiger partial charge in [-0.25, -0.2) is 54.2 Å². The first-order valence-corrected chi connectivity index (χ1v) is 42.2. The van der Waals surface area contributed by atoms with Crippen molar-refractivity contribution in [3.63, 3.8) is 0 Å². The van der Waals surface area contributed by atoms with E-state index in [0.717, 1.165) is 180 Å². The van der Waals surface area contributed by atoms with Gasteiger partial charge in [-0.1, -0.05) is 66.2 Å². The minimum atomic E-state index is -0.275. The van der Waals surface area contributed by atoms with Crippen LogP contribution in [0.25, 0.3) is 134 Å². The minimum absolute atomic E-state index is 0.275. The van der Waals surface area contributed by atoms with Crippen LogP contribution in [0.4, 0.5) is 27.7 Å². The molecule has 0 bridgehead atoms. The van der Waals surface area contributed by atoms with Crippen LogP contribution in [-0.2, 0) is 26.2 Å². The van der Waals surface area contributed by atoms with Crippen molar-refractivity contribution >= 4 is 67.1 Å². The first kappa shape index (κ1) is 85.3. The van der Waals surface area contributed by atoms with Gasteiger partial charge in [-0.05, 0) is 239 Å². The molecule has 26 heteroatoms. The molecule has 0 fully saturated rings. The van der Waals surface area contributed by atoms with Crippen LogP contribution >= 0.6 is 0 Å². The SMILES string of the molecule is Cc1cc(-c2ccc(CNc3nccc4nc(-c5ccnc(C)c5)cnc34)cn2)ccn1.Cc1cc(-c2cnc3c(NCc4ccc(-c5ccnc(C)c5)c(C)c4)nccc3n2)ccn1.Cc1cc(-c2cnc3c(NCc4ccc(-c5ccnc(C)c5)c(F)c4)nccc3n2)ccn1.Cc1cccc(-c2ncc(CNc3nccc4cc(-c5cnccn5)ncc34)cc2C)c1. The van der Waals surface area contributed by atoms with E-state index < -0.39 is 0 Å². The topological polar surface area (TPSA) is 319 Å². The molecule has 0 saturated heterocycles. The molecule has 0 amide bonds. The standard InChI is InChI=1S/C27H24N6.C26H21FN6.C26H22N6.C25H21N7/c1-17-12-20(4-5-23(17)21-6-9-28-18(2)13-21)15-32-27-26-24(8-11-30-27)33-25(16-31-26)22-7-10-29-19(3)14-22;1-16-11-19(5-8-28-16)21-4-3-18(13-22(21)27)14-32-26-25-23(7-10-30-26)33-24(15-31-25)20-6-9-29-17(2)12-20;1-17-4-3-5-21(10-17)25-18(2)11-19(13-31-25)14-32-26-22-15-30-23(12-20(22)6-7-29-26)24-16-27-8-9-28-24;1-16-11-19(5-8-26-16)21-4-3-18(13-29-21)14-31-25-24-22(7-10-28-25)32-23(15-30-24)20-6-9-27-17(2)12-20/h4-14,16H,15H2,1-3H3,(H,30,32);3-13,15H,14H2,1-2H3,(H,30,32);3-13,15-16H,14H2,1-2H3,(H,29,32);3-13,15H,14H2,1-2H3,(H,28,31). The first-order chi connectivity index (χ1) is 63.5. The summed E-state index contributed by atoms with van der Waals surface area (Å²) in [6.45, 7) is 20.3. The van der Waals surface area contributed by atoms with Crippen LogP contribution in [0.1, 0.15) is 73.1 Å².